The molecule has 2 aromatic heterocycles. The molecule has 0 amide bonds. The smallest absolute Gasteiger partial charge is 0.223 e. The van der Waals surface area contributed by atoms with Crippen LogP contribution in [0.15, 0.2) is 41.1 Å². The van der Waals surface area contributed by atoms with Crippen LogP contribution in [0.3, 0.4) is 0 Å². The van der Waals surface area contributed by atoms with Gasteiger partial charge in [-0.05, 0) is 45.0 Å². The summed E-state index contributed by atoms with van der Waals surface area (Å²) >= 11 is 0. The minimum absolute atomic E-state index is 0.241. The first-order valence-electron chi connectivity index (χ1n) is 8.72. The van der Waals surface area contributed by atoms with E-state index in [1.807, 2.05) is 48.1 Å². The third kappa shape index (κ3) is 3.32. The summed E-state index contributed by atoms with van der Waals surface area (Å²) in [7, 11) is 0. The Morgan fingerprint density at radius 3 is 2.60 bits per heavy atom. The van der Waals surface area contributed by atoms with E-state index in [0.29, 0.717) is 11.8 Å². The third-order valence-electron chi connectivity index (χ3n) is 4.95. The predicted octanol–water partition coefficient (Wildman–Crippen LogP) is 2.90. The van der Waals surface area contributed by atoms with Crippen molar-refractivity contribution in [1.29, 1.82) is 0 Å². The van der Waals surface area contributed by atoms with Crippen molar-refractivity contribution in [3.63, 3.8) is 0 Å². The van der Waals surface area contributed by atoms with Crippen LogP contribution in [-0.2, 0) is 0 Å². The average Bonchev–Trinajstić information content (AvgIpc) is 3.31. The molecule has 1 fully saturated rings. The summed E-state index contributed by atoms with van der Waals surface area (Å²) in [4.78, 5) is 6.82. The molecule has 0 spiro atoms. The molecule has 4 rings (SSSR count). The molecule has 1 aliphatic heterocycles. The zero-order valence-electron chi connectivity index (χ0n) is 14.5. The Kier molecular flexibility index (Phi) is 4.31. The topological polar surface area (TPSA) is 72.9 Å². The minimum atomic E-state index is 0.241. The molecule has 0 saturated carbocycles. The van der Waals surface area contributed by atoms with Gasteiger partial charge in [0.15, 0.2) is 5.82 Å². The van der Waals surface area contributed by atoms with Gasteiger partial charge in [-0.2, -0.15) is 4.98 Å². The molecule has 0 bridgehead atoms. The van der Waals surface area contributed by atoms with Gasteiger partial charge < -0.3 is 4.52 Å². The Morgan fingerprint density at radius 1 is 1.16 bits per heavy atom. The lowest BCUT2D eigenvalue weighted by Gasteiger charge is -2.34. The number of piperidine rings is 1. The van der Waals surface area contributed by atoms with Crippen LogP contribution in [0, 0.1) is 6.92 Å². The first-order chi connectivity index (χ1) is 12.2. The van der Waals surface area contributed by atoms with Crippen molar-refractivity contribution >= 4 is 0 Å². The standard InChI is InChI=1S/C18H22N6O/c1-13(17-12-24(22-20-17)16-6-4-3-5-7-16)23-10-8-15(9-11-23)18-19-14(2)25-21-18/h3-7,12-13,15H,8-11H2,1-2H3/t13-/m0/s1. The molecule has 25 heavy (non-hydrogen) atoms. The Labute approximate surface area is 146 Å². The highest BCUT2D eigenvalue weighted by Crippen LogP contribution is 2.30. The molecule has 1 atom stereocenters. The number of hydrogen-bond donors (Lipinski definition) is 0. The predicted molar refractivity (Wildman–Crippen MR) is 92.4 cm³/mol. The van der Waals surface area contributed by atoms with Gasteiger partial charge in [-0.15, -0.1) is 5.10 Å². The third-order valence-corrected chi connectivity index (χ3v) is 4.95. The number of likely N-dealkylation sites (tertiary alicyclic amines) is 1. The molecule has 0 radical (unpaired) electrons. The van der Waals surface area contributed by atoms with E-state index in [1.165, 1.54) is 0 Å². The van der Waals surface area contributed by atoms with Crippen molar-refractivity contribution in [3.05, 3.63) is 53.9 Å². The fourth-order valence-corrected chi connectivity index (χ4v) is 3.39. The maximum atomic E-state index is 5.11. The zero-order chi connectivity index (χ0) is 17.2. The van der Waals surface area contributed by atoms with Gasteiger partial charge in [0.1, 0.15) is 0 Å². The monoisotopic (exact) mass is 338 g/mol. The highest BCUT2D eigenvalue weighted by Gasteiger charge is 2.28. The van der Waals surface area contributed by atoms with Gasteiger partial charge in [-0.25, -0.2) is 4.68 Å². The van der Waals surface area contributed by atoms with E-state index in [2.05, 4.69) is 32.3 Å². The van der Waals surface area contributed by atoms with Gasteiger partial charge in [0, 0.05) is 12.8 Å². The van der Waals surface area contributed by atoms with E-state index in [4.69, 9.17) is 4.52 Å². The summed E-state index contributed by atoms with van der Waals surface area (Å²) in [5, 5.41) is 12.7. The summed E-state index contributed by atoms with van der Waals surface area (Å²) in [6.45, 7) is 6.02. The molecular formula is C18H22N6O. The van der Waals surface area contributed by atoms with E-state index in [1.54, 1.807) is 0 Å². The van der Waals surface area contributed by atoms with Gasteiger partial charge in [0.2, 0.25) is 5.89 Å². The first kappa shape index (κ1) is 16.0. The van der Waals surface area contributed by atoms with Crippen molar-refractivity contribution in [2.75, 3.05) is 13.1 Å². The summed E-state index contributed by atoms with van der Waals surface area (Å²) in [5.41, 5.74) is 2.03. The quantitative estimate of drug-likeness (QED) is 0.728. The second kappa shape index (κ2) is 6.76. The molecule has 3 heterocycles. The van der Waals surface area contributed by atoms with Crippen molar-refractivity contribution in [2.24, 2.45) is 0 Å². The van der Waals surface area contributed by atoms with Gasteiger partial charge >= 0.3 is 0 Å². The molecule has 7 nitrogen and oxygen atoms in total. The first-order valence-corrected chi connectivity index (χ1v) is 8.72. The van der Waals surface area contributed by atoms with E-state index in [0.717, 1.165) is 43.1 Å². The van der Waals surface area contributed by atoms with E-state index in [9.17, 15) is 0 Å². The summed E-state index contributed by atoms with van der Waals surface area (Å²) in [5.74, 6) is 1.88. The highest BCUT2D eigenvalue weighted by atomic mass is 16.5. The molecule has 0 N–H and O–H groups in total. The van der Waals surface area contributed by atoms with Crippen molar-refractivity contribution < 1.29 is 4.52 Å². The summed E-state index contributed by atoms with van der Waals surface area (Å²) in [6, 6.07) is 10.3. The van der Waals surface area contributed by atoms with Crippen LogP contribution < -0.4 is 0 Å². The van der Waals surface area contributed by atoms with Crippen molar-refractivity contribution in [3.8, 4) is 5.69 Å². The van der Waals surface area contributed by atoms with E-state index in [-0.39, 0.29) is 6.04 Å². The van der Waals surface area contributed by atoms with Crippen LogP contribution in [0.1, 0.15) is 49.1 Å². The summed E-state index contributed by atoms with van der Waals surface area (Å²) in [6.07, 6.45) is 4.10. The molecule has 0 unspecified atom stereocenters. The largest absolute Gasteiger partial charge is 0.340 e. The molecule has 7 heteroatoms. The second-order valence-corrected chi connectivity index (χ2v) is 6.58. The zero-order valence-corrected chi connectivity index (χ0v) is 14.5. The minimum Gasteiger partial charge on any atom is -0.340 e. The number of para-hydroxylation sites is 1. The number of benzene rings is 1. The number of aromatic nitrogens is 5. The molecule has 1 saturated heterocycles. The molecule has 3 aromatic rings. The Bertz CT molecular complexity index is 819. The maximum Gasteiger partial charge on any atom is 0.223 e. The fraction of sp³-hybridized carbons (Fsp3) is 0.444. The lowest BCUT2D eigenvalue weighted by Crippen LogP contribution is -2.35. The number of nitrogens with zero attached hydrogens (tertiary/aromatic N) is 6. The Morgan fingerprint density at radius 2 is 1.92 bits per heavy atom. The normalized spacial score (nSPS) is 17.7. The van der Waals surface area contributed by atoms with E-state index < -0.39 is 0 Å². The van der Waals surface area contributed by atoms with Gasteiger partial charge in [0.25, 0.3) is 0 Å². The Hall–Kier alpha value is -2.54. The van der Waals surface area contributed by atoms with Crippen molar-refractivity contribution in [1.82, 2.24) is 30.0 Å². The van der Waals surface area contributed by atoms with Crippen LogP contribution in [0.4, 0.5) is 0 Å². The van der Waals surface area contributed by atoms with Crippen LogP contribution in [0.5, 0.6) is 0 Å². The number of rotatable bonds is 4. The maximum absolute atomic E-state index is 5.11. The van der Waals surface area contributed by atoms with E-state index >= 15 is 0 Å². The average molecular weight is 338 g/mol. The molecule has 1 aliphatic rings. The van der Waals surface area contributed by atoms with Crippen LogP contribution in [0.2, 0.25) is 0 Å². The molecule has 130 valence electrons. The van der Waals surface area contributed by atoms with Gasteiger partial charge in [-0.1, -0.05) is 28.6 Å². The number of hydrogen-bond acceptors (Lipinski definition) is 6. The van der Waals surface area contributed by atoms with Gasteiger partial charge in [0.05, 0.1) is 23.6 Å². The molecule has 0 aliphatic carbocycles. The molecule has 1 aromatic carbocycles. The SMILES string of the molecule is Cc1nc(C2CCN([C@@H](C)c3cn(-c4ccccc4)nn3)CC2)no1. The van der Waals surface area contributed by atoms with Crippen LogP contribution in [0.25, 0.3) is 5.69 Å². The highest BCUT2D eigenvalue weighted by molar-refractivity contribution is 5.30. The lowest BCUT2D eigenvalue weighted by atomic mass is 9.95. The molecular weight excluding hydrogens is 316 g/mol. The van der Waals surface area contributed by atoms with Crippen molar-refractivity contribution in [2.45, 2.75) is 38.6 Å². The fourth-order valence-electron chi connectivity index (χ4n) is 3.39. The number of aryl methyl sites for hydroxylation is 1. The Balaban J connectivity index is 1.41. The summed E-state index contributed by atoms with van der Waals surface area (Å²) < 4.78 is 6.94. The second-order valence-electron chi connectivity index (χ2n) is 6.58. The van der Waals surface area contributed by atoms with Crippen LogP contribution >= 0.6 is 0 Å². The van der Waals surface area contributed by atoms with Crippen LogP contribution in [-0.4, -0.2) is 43.1 Å². The van der Waals surface area contributed by atoms with Gasteiger partial charge in [-0.3, -0.25) is 4.90 Å². The lowest BCUT2D eigenvalue weighted by molar-refractivity contribution is 0.156.